The van der Waals surface area contributed by atoms with E-state index in [9.17, 15) is 0 Å². The Balaban J connectivity index is 0.00000264. The highest BCUT2D eigenvalue weighted by Gasteiger charge is 2.18. The highest BCUT2D eigenvalue weighted by atomic mass is 127. The van der Waals surface area contributed by atoms with Crippen LogP contribution in [0.2, 0.25) is 0 Å². The first-order chi connectivity index (χ1) is 10.8. The van der Waals surface area contributed by atoms with Crippen molar-refractivity contribution in [1.82, 2.24) is 9.80 Å². The lowest BCUT2D eigenvalue weighted by Gasteiger charge is -2.31. The predicted molar refractivity (Wildman–Crippen MR) is 109 cm³/mol. The third-order valence-corrected chi connectivity index (χ3v) is 4.54. The number of halogens is 1. The van der Waals surface area contributed by atoms with Gasteiger partial charge in [0.2, 0.25) is 0 Å². The van der Waals surface area contributed by atoms with Gasteiger partial charge in [-0.25, -0.2) is 0 Å². The molecule has 23 heavy (non-hydrogen) atoms. The van der Waals surface area contributed by atoms with E-state index in [0.717, 1.165) is 32.7 Å². The minimum absolute atomic E-state index is 0. The number of nitrogens with two attached hydrogens (primary N) is 1. The third kappa shape index (κ3) is 5.95. The molecular formula is C18H31IN4. The lowest BCUT2D eigenvalue weighted by atomic mass is 10.1. The molecule has 1 saturated heterocycles. The lowest BCUT2D eigenvalue weighted by Crippen LogP contribution is -2.41. The number of likely N-dealkylation sites (tertiary alicyclic amines) is 1. The summed E-state index contributed by atoms with van der Waals surface area (Å²) >= 11 is 0. The van der Waals surface area contributed by atoms with Gasteiger partial charge in [0.1, 0.15) is 0 Å². The van der Waals surface area contributed by atoms with Crippen LogP contribution in [0.1, 0.15) is 44.7 Å². The summed E-state index contributed by atoms with van der Waals surface area (Å²) in [5.74, 6) is 0.716. The maximum atomic E-state index is 6.22. The standard InChI is InChI=1S/C18H30N4.HI/c1-3-21(4-2)17(16-11-7-5-8-12-16)15-20-18(19)22-13-9-6-10-14-22;/h5,7-8,11-12,17H,3-4,6,9-10,13-15H2,1-2H3,(H2,19,20);1H. The fourth-order valence-electron chi connectivity index (χ4n) is 3.17. The largest absolute Gasteiger partial charge is 0.370 e. The number of hydrogen-bond acceptors (Lipinski definition) is 2. The summed E-state index contributed by atoms with van der Waals surface area (Å²) in [5, 5.41) is 0. The van der Waals surface area contributed by atoms with Gasteiger partial charge in [-0.3, -0.25) is 9.89 Å². The molecule has 1 aromatic carbocycles. The van der Waals surface area contributed by atoms with Crippen LogP contribution in [0.15, 0.2) is 35.3 Å². The second-order valence-corrected chi connectivity index (χ2v) is 5.89. The molecule has 0 spiro atoms. The number of likely N-dealkylation sites (N-methyl/N-ethyl adjacent to an activating group) is 1. The van der Waals surface area contributed by atoms with E-state index in [-0.39, 0.29) is 24.0 Å². The molecule has 0 bridgehead atoms. The molecule has 5 heteroatoms. The van der Waals surface area contributed by atoms with Crippen LogP contribution >= 0.6 is 24.0 Å². The Morgan fingerprint density at radius 2 is 1.74 bits per heavy atom. The summed E-state index contributed by atoms with van der Waals surface area (Å²) in [7, 11) is 0. The second-order valence-electron chi connectivity index (χ2n) is 5.89. The zero-order valence-electron chi connectivity index (χ0n) is 14.4. The van der Waals surface area contributed by atoms with E-state index in [4.69, 9.17) is 10.7 Å². The molecule has 0 amide bonds. The van der Waals surface area contributed by atoms with Gasteiger partial charge in [0.05, 0.1) is 12.6 Å². The molecular weight excluding hydrogens is 399 g/mol. The van der Waals surface area contributed by atoms with Gasteiger partial charge in [-0.2, -0.15) is 0 Å². The van der Waals surface area contributed by atoms with Gasteiger partial charge < -0.3 is 10.6 Å². The van der Waals surface area contributed by atoms with Gasteiger partial charge in [-0.1, -0.05) is 44.2 Å². The van der Waals surface area contributed by atoms with Crippen LogP contribution < -0.4 is 5.73 Å². The summed E-state index contributed by atoms with van der Waals surface area (Å²) < 4.78 is 0. The van der Waals surface area contributed by atoms with Gasteiger partial charge in [0.15, 0.2) is 5.96 Å². The fourth-order valence-corrected chi connectivity index (χ4v) is 3.17. The van der Waals surface area contributed by atoms with Crippen molar-refractivity contribution in [3.8, 4) is 0 Å². The van der Waals surface area contributed by atoms with Crippen molar-refractivity contribution in [2.75, 3.05) is 32.7 Å². The SMILES string of the molecule is CCN(CC)C(CN=C(N)N1CCCCC1)c1ccccc1.I. The molecule has 0 aliphatic carbocycles. The summed E-state index contributed by atoms with van der Waals surface area (Å²) in [6, 6.07) is 11.0. The monoisotopic (exact) mass is 430 g/mol. The molecule has 1 fully saturated rings. The molecule has 2 rings (SSSR count). The fraction of sp³-hybridized carbons (Fsp3) is 0.611. The number of guanidine groups is 1. The van der Waals surface area contributed by atoms with E-state index < -0.39 is 0 Å². The van der Waals surface area contributed by atoms with E-state index in [1.807, 2.05) is 0 Å². The molecule has 1 aromatic rings. The molecule has 1 aliphatic rings. The number of piperidine rings is 1. The maximum absolute atomic E-state index is 6.22. The topological polar surface area (TPSA) is 44.9 Å². The van der Waals surface area contributed by atoms with Gasteiger partial charge in [0.25, 0.3) is 0 Å². The number of rotatable bonds is 6. The quantitative estimate of drug-likeness (QED) is 0.427. The summed E-state index contributed by atoms with van der Waals surface area (Å²) in [5.41, 5.74) is 7.54. The van der Waals surface area contributed by atoms with Crippen LogP contribution in [0.5, 0.6) is 0 Å². The number of nitrogens with zero attached hydrogens (tertiary/aromatic N) is 3. The van der Waals surface area contributed by atoms with Gasteiger partial charge in [0, 0.05) is 13.1 Å². The Kier molecular flexibility index (Phi) is 9.55. The minimum Gasteiger partial charge on any atom is -0.370 e. The van der Waals surface area contributed by atoms with E-state index in [2.05, 4.69) is 54.0 Å². The zero-order valence-corrected chi connectivity index (χ0v) is 16.8. The second kappa shape index (κ2) is 10.9. The average Bonchev–Trinajstić information content (AvgIpc) is 2.60. The minimum atomic E-state index is 0. The number of hydrogen-bond donors (Lipinski definition) is 1. The molecule has 4 nitrogen and oxygen atoms in total. The molecule has 0 aromatic heterocycles. The van der Waals surface area contributed by atoms with Crippen molar-refractivity contribution in [3.63, 3.8) is 0 Å². The maximum Gasteiger partial charge on any atom is 0.191 e. The van der Waals surface area contributed by atoms with Crippen LogP contribution in [0.4, 0.5) is 0 Å². The predicted octanol–water partition coefficient (Wildman–Crippen LogP) is 3.49. The Morgan fingerprint density at radius 3 is 2.30 bits per heavy atom. The highest BCUT2D eigenvalue weighted by molar-refractivity contribution is 14.0. The van der Waals surface area contributed by atoms with Gasteiger partial charge >= 0.3 is 0 Å². The normalized spacial score (nSPS) is 17.0. The van der Waals surface area contributed by atoms with Crippen molar-refractivity contribution < 1.29 is 0 Å². The van der Waals surface area contributed by atoms with Crippen molar-refractivity contribution in [2.24, 2.45) is 10.7 Å². The van der Waals surface area contributed by atoms with E-state index in [1.165, 1.54) is 24.8 Å². The number of aliphatic imine (C=N–C) groups is 1. The van der Waals surface area contributed by atoms with E-state index >= 15 is 0 Å². The summed E-state index contributed by atoms with van der Waals surface area (Å²) in [6.07, 6.45) is 3.78. The lowest BCUT2D eigenvalue weighted by molar-refractivity contribution is 0.223. The first-order valence-electron chi connectivity index (χ1n) is 8.60. The molecule has 1 aliphatic heterocycles. The van der Waals surface area contributed by atoms with Crippen molar-refractivity contribution >= 4 is 29.9 Å². The first kappa shape index (κ1) is 20.2. The Bertz CT molecular complexity index is 453. The first-order valence-corrected chi connectivity index (χ1v) is 8.60. The van der Waals surface area contributed by atoms with Crippen LogP contribution in [-0.4, -0.2) is 48.5 Å². The Labute approximate surface area is 158 Å². The molecule has 1 heterocycles. The summed E-state index contributed by atoms with van der Waals surface area (Å²) in [4.78, 5) is 9.40. The molecule has 0 saturated carbocycles. The van der Waals surface area contributed by atoms with Crippen LogP contribution in [0.3, 0.4) is 0 Å². The highest BCUT2D eigenvalue weighted by Crippen LogP contribution is 2.21. The van der Waals surface area contributed by atoms with Crippen molar-refractivity contribution in [1.29, 1.82) is 0 Å². The zero-order chi connectivity index (χ0) is 15.8. The van der Waals surface area contributed by atoms with E-state index in [0.29, 0.717) is 12.0 Å². The van der Waals surface area contributed by atoms with Crippen LogP contribution in [0, 0.1) is 0 Å². The van der Waals surface area contributed by atoms with E-state index in [1.54, 1.807) is 0 Å². The molecule has 1 atom stereocenters. The van der Waals surface area contributed by atoms with Crippen LogP contribution in [0.25, 0.3) is 0 Å². The average molecular weight is 430 g/mol. The van der Waals surface area contributed by atoms with Gasteiger partial charge in [-0.15, -0.1) is 24.0 Å². The van der Waals surface area contributed by atoms with Crippen LogP contribution in [-0.2, 0) is 0 Å². The molecule has 1 unspecified atom stereocenters. The van der Waals surface area contributed by atoms with Crippen molar-refractivity contribution in [2.45, 2.75) is 39.2 Å². The summed E-state index contributed by atoms with van der Waals surface area (Å²) in [6.45, 7) is 9.29. The Morgan fingerprint density at radius 1 is 1.13 bits per heavy atom. The molecule has 2 N–H and O–H groups in total. The van der Waals surface area contributed by atoms with Gasteiger partial charge in [-0.05, 0) is 37.9 Å². The number of benzene rings is 1. The van der Waals surface area contributed by atoms with Crippen molar-refractivity contribution in [3.05, 3.63) is 35.9 Å². The Hall–Kier alpha value is -0.820. The molecule has 0 radical (unpaired) electrons. The molecule has 130 valence electrons. The smallest absolute Gasteiger partial charge is 0.191 e. The third-order valence-electron chi connectivity index (χ3n) is 4.54.